The number of nitrogens with one attached hydrogen (secondary N) is 1. The molecule has 0 saturated carbocycles. The first-order valence-corrected chi connectivity index (χ1v) is 5.94. The average Bonchev–Trinajstić information content (AvgIpc) is 2.59. The number of aliphatic hydroxyl groups is 1. The highest BCUT2D eigenvalue weighted by atomic mass is 32.2. The lowest BCUT2D eigenvalue weighted by Gasteiger charge is -2.16. The monoisotopic (exact) mass is 189 g/mol. The van der Waals surface area contributed by atoms with E-state index in [2.05, 4.69) is 12.2 Å². The lowest BCUT2D eigenvalue weighted by Crippen LogP contribution is -2.35. The molecule has 0 bridgehead atoms. The van der Waals surface area contributed by atoms with Crippen LogP contribution in [-0.4, -0.2) is 35.8 Å². The van der Waals surface area contributed by atoms with E-state index in [1.165, 1.54) is 17.9 Å². The molecule has 0 radical (unpaired) electrons. The van der Waals surface area contributed by atoms with Crippen molar-refractivity contribution in [2.75, 3.05) is 24.7 Å². The Morgan fingerprint density at radius 1 is 1.67 bits per heavy atom. The Labute approximate surface area is 79.1 Å². The van der Waals surface area contributed by atoms with Gasteiger partial charge in [-0.25, -0.2) is 0 Å². The van der Waals surface area contributed by atoms with Crippen LogP contribution < -0.4 is 5.32 Å². The molecule has 1 aliphatic heterocycles. The van der Waals surface area contributed by atoms with Crippen molar-refractivity contribution >= 4 is 11.8 Å². The van der Waals surface area contributed by atoms with Crippen molar-refractivity contribution < 1.29 is 5.11 Å². The predicted octanol–water partition coefficient (Wildman–Crippen LogP) is 1.10. The maximum atomic E-state index is 8.93. The minimum Gasteiger partial charge on any atom is -0.395 e. The van der Waals surface area contributed by atoms with Crippen LogP contribution in [0.5, 0.6) is 0 Å². The van der Waals surface area contributed by atoms with Crippen LogP contribution in [-0.2, 0) is 0 Å². The fraction of sp³-hybridized carbons (Fsp3) is 1.00. The van der Waals surface area contributed by atoms with Crippen LogP contribution in [0.4, 0.5) is 0 Å². The SMILES string of the molecule is CC[C@H](CO)NCC1CCSC1. The summed E-state index contributed by atoms with van der Waals surface area (Å²) >= 11 is 2.05. The second-order valence-corrected chi connectivity index (χ2v) is 4.58. The van der Waals surface area contributed by atoms with E-state index in [1.807, 2.05) is 11.8 Å². The zero-order chi connectivity index (χ0) is 8.81. The molecule has 2 N–H and O–H groups in total. The smallest absolute Gasteiger partial charge is 0.0584 e. The molecule has 0 amide bonds. The molecule has 1 unspecified atom stereocenters. The summed E-state index contributed by atoms with van der Waals surface area (Å²) in [6.07, 6.45) is 2.37. The maximum Gasteiger partial charge on any atom is 0.0584 e. The Bertz CT molecular complexity index is 109. The van der Waals surface area contributed by atoms with Crippen LogP contribution in [0.3, 0.4) is 0 Å². The second-order valence-electron chi connectivity index (χ2n) is 3.43. The van der Waals surface area contributed by atoms with E-state index in [1.54, 1.807) is 0 Å². The van der Waals surface area contributed by atoms with Crippen molar-refractivity contribution in [3.05, 3.63) is 0 Å². The fourth-order valence-electron chi connectivity index (χ4n) is 1.42. The van der Waals surface area contributed by atoms with Gasteiger partial charge in [0.2, 0.25) is 0 Å². The van der Waals surface area contributed by atoms with Crippen LogP contribution in [0.15, 0.2) is 0 Å². The number of thioether (sulfide) groups is 1. The lowest BCUT2D eigenvalue weighted by atomic mass is 10.1. The zero-order valence-corrected chi connectivity index (χ0v) is 8.57. The third-order valence-electron chi connectivity index (χ3n) is 2.43. The van der Waals surface area contributed by atoms with Crippen LogP contribution in [0, 0.1) is 5.92 Å². The summed E-state index contributed by atoms with van der Waals surface area (Å²) in [5, 5.41) is 12.3. The van der Waals surface area contributed by atoms with Gasteiger partial charge in [-0.15, -0.1) is 0 Å². The molecule has 12 heavy (non-hydrogen) atoms. The summed E-state index contributed by atoms with van der Waals surface area (Å²) in [5.74, 6) is 3.47. The molecule has 1 saturated heterocycles. The molecule has 1 fully saturated rings. The summed E-state index contributed by atoms with van der Waals surface area (Å²) in [4.78, 5) is 0. The molecule has 2 atom stereocenters. The molecule has 0 spiro atoms. The van der Waals surface area contributed by atoms with E-state index in [-0.39, 0.29) is 6.61 Å². The quantitative estimate of drug-likeness (QED) is 0.679. The van der Waals surface area contributed by atoms with E-state index < -0.39 is 0 Å². The van der Waals surface area contributed by atoms with Crippen LogP contribution in [0.25, 0.3) is 0 Å². The number of hydrogen-bond acceptors (Lipinski definition) is 3. The van der Waals surface area contributed by atoms with Gasteiger partial charge in [-0.3, -0.25) is 0 Å². The van der Waals surface area contributed by atoms with Gasteiger partial charge in [0.05, 0.1) is 6.61 Å². The molecule has 1 heterocycles. The van der Waals surface area contributed by atoms with Gasteiger partial charge < -0.3 is 10.4 Å². The van der Waals surface area contributed by atoms with Gasteiger partial charge in [0.15, 0.2) is 0 Å². The molecule has 2 nitrogen and oxygen atoms in total. The molecule has 72 valence electrons. The summed E-state index contributed by atoms with van der Waals surface area (Å²) in [7, 11) is 0. The zero-order valence-electron chi connectivity index (χ0n) is 7.75. The Kier molecular flexibility index (Phi) is 5.04. The van der Waals surface area contributed by atoms with Crippen molar-refractivity contribution in [3.8, 4) is 0 Å². The van der Waals surface area contributed by atoms with Crippen molar-refractivity contribution in [1.82, 2.24) is 5.32 Å². The minimum atomic E-state index is 0.274. The standard InChI is InChI=1S/C9H19NOS/c1-2-9(6-11)10-5-8-3-4-12-7-8/h8-11H,2-7H2,1H3/t8?,9-/m1/s1. The molecule has 3 heteroatoms. The molecular weight excluding hydrogens is 170 g/mol. The second kappa shape index (κ2) is 5.84. The number of hydrogen-bond donors (Lipinski definition) is 2. The summed E-state index contributed by atoms with van der Waals surface area (Å²) < 4.78 is 0. The third kappa shape index (κ3) is 3.33. The fourth-order valence-corrected chi connectivity index (χ4v) is 2.70. The Morgan fingerprint density at radius 2 is 2.50 bits per heavy atom. The van der Waals surface area contributed by atoms with Crippen LogP contribution in [0.2, 0.25) is 0 Å². The van der Waals surface area contributed by atoms with Crippen LogP contribution >= 0.6 is 11.8 Å². The summed E-state index contributed by atoms with van der Waals surface area (Å²) in [5.41, 5.74) is 0. The van der Waals surface area contributed by atoms with Crippen LogP contribution in [0.1, 0.15) is 19.8 Å². The largest absolute Gasteiger partial charge is 0.395 e. The number of rotatable bonds is 5. The Hall–Kier alpha value is 0.270. The number of aliphatic hydroxyl groups excluding tert-OH is 1. The highest BCUT2D eigenvalue weighted by Crippen LogP contribution is 2.22. The Morgan fingerprint density at radius 3 is 3.00 bits per heavy atom. The van der Waals surface area contributed by atoms with E-state index in [4.69, 9.17) is 5.11 Å². The third-order valence-corrected chi connectivity index (χ3v) is 3.66. The first kappa shape index (κ1) is 10.4. The highest BCUT2D eigenvalue weighted by Gasteiger charge is 2.16. The minimum absolute atomic E-state index is 0.274. The first-order chi connectivity index (χ1) is 5.86. The molecular formula is C9H19NOS. The highest BCUT2D eigenvalue weighted by molar-refractivity contribution is 7.99. The molecule has 0 aromatic heterocycles. The van der Waals surface area contributed by atoms with Gasteiger partial charge in [-0.05, 0) is 36.8 Å². The van der Waals surface area contributed by atoms with Gasteiger partial charge >= 0.3 is 0 Å². The normalized spacial score (nSPS) is 26.0. The Balaban J connectivity index is 2.06. The van der Waals surface area contributed by atoms with Crippen molar-refractivity contribution in [2.45, 2.75) is 25.8 Å². The van der Waals surface area contributed by atoms with Gasteiger partial charge in [-0.2, -0.15) is 11.8 Å². The molecule has 0 aliphatic carbocycles. The summed E-state index contributed by atoms with van der Waals surface area (Å²) in [6.45, 7) is 3.47. The maximum absolute atomic E-state index is 8.93. The van der Waals surface area contributed by atoms with Crippen molar-refractivity contribution in [2.24, 2.45) is 5.92 Å². The predicted molar refractivity (Wildman–Crippen MR) is 54.6 cm³/mol. The molecule has 0 aromatic rings. The molecule has 1 aliphatic rings. The van der Waals surface area contributed by atoms with Gasteiger partial charge in [0, 0.05) is 6.04 Å². The molecule has 0 aromatic carbocycles. The molecule has 1 rings (SSSR count). The van der Waals surface area contributed by atoms with Crippen molar-refractivity contribution in [3.63, 3.8) is 0 Å². The first-order valence-electron chi connectivity index (χ1n) is 4.78. The summed E-state index contributed by atoms with van der Waals surface area (Å²) in [6, 6.07) is 0.315. The lowest BCUT2D eigenvalue weighted by molar-refractivity contribution is 0.235. The topological polar surface area (TPSA) is 32.3 Å². The van der Waals surface area contributed by atoms with Gasteiger partial charge in [0.1, 0.15) is 0 Å². The van der Waals surface area contributed by atoms with Crippen molar-refractivity contribution in [1.29, 1.82) is 0 Å². The van der Waals surface area contributed by atoms with Gasteiger partial charge in [-0.1, -0.05) is 6.92 Å². The van der Waals surface area contributed by atoms with E-state index in [0.29, 0.717) is 6.04 Å². The van der Waals surface area contributed by atoms with E-state index in [9.17, 15) is 0 Å². The average molecular weight is 189 g/mol. The van der Waals surface area contributed by atoms with Gasteiger partial charge in [0.25, 0.3) is 0 Å². The van der Waals surface area contributed by atoms with E-state index in [0.717, 1.165) is 18.9 Å². The van der Waals surface area contributed by atoms with E-state index >= 15 is 0 Å².